The minimum absolute atomic E-state index is 0.916. The number of furan rings is 1. The van der Waals surface area contributed by atoms with Crippen molar-refractivity contribution in [2.24, 2.45) is 0 Å². The summed E-state index contributed by atoms with van der Waals surface area (Å²) in [4.78, 5) is 0. The van der Waals surface area contributed by atoms with Crippen molar-refractivity contribution in [2.45, 2.75) is 0 Å². The van der Waals surface area contributed by atoms with Crippen LogP contribution in [0.3, 0.4) is 0 Å². The topological polar surface area (TPSA) is 13.1 Å². The predicted octanol–water partition coefficient (Wildman–Crippen LogP) is 13.7. The Hall–Kier alpha value is -6.44. The maximum absolute atomic E-state index is 6.44. The summed E-state index contributed by atoms with van der Waals surface area (Å²) < 4.78 is 6.44. The van der Waals surface area contributed by atoms with E-state index >= 15 is 0 Å². The number of benzene rings is 9. The van der Waals surface area contributed by atoms with Crippen LogP contribution in [0.4, 0.5) is 0 Å². The molecular weight excluding hydrogens is 593 g/mol. The molecule has 1 aromatic heterocycles. The van der Waals surface area contributed by atoms with Crippen molar-refractivity contribution in [1.82, 2.24) is 0 Å². The Morgan fingerprint density at radius 3 is 1.55 bits per heavy atom. The van der Waals surface area contributed by atoms with Crippen molar-refractivity contribution in [3.63, 3.8) is 0 Å². The first-order valence-corrected chi connectivity index (χ1v) is 16.8. The van der Waals surface area contributed by atoms with Gasteiger partial charge in [0, 0.05) is 16.3 Å². The second-order valence-corrected chi connectivity index (χ2v) is 12.8. The smallest absolute Gasteiger partial charge is 0.143 e. The molecule has 0 atom stereocenters. The second kappa shape index (κ2) is 11.1. The van der Waals surface area contributed by atoms with Crippen LogP contribution in [0.2, 0.25) is 0 Å². The summed E-state index contributed by atoms with van der Waals surface area (Å²) in [5, 5.41) is 9.80. The predicted molar refractivity (Wildman–Crippen MR) is 208 cm³/mol. The van der Waals surface area contributed by atoms with Crippen molar-refractivity contribution in [1.29, 1.82) is 0 Å². The van der Waals surface area contributed by atoms with Gasteiger partial charge in [0.2, 0.25) is 0 Å². The van der Waals surface area contributed by atoms with Gasteiger partial charge in [-0.1, -0.05) is 164 Å². The van der Waals surface area contributed by atoms with E-state index in [4.69, 9.17) is 4.42 Å². The molecule has 0 aliphatic heterocycles. The van der Waals surface area contributed by atoms with E-state index in [-0.39, 0.29) is 0 Å². The van der Waals surface area contributed by atoms with Crippen LogP contribution in [-0.2, 0) is 0 Å². The Morgan fingerprint density at radius 1 is 0.286 bits per heavy atom. The lowest BCUT2D eigenvalue weighted by Gasteiger charge is -2.18. The molecule has 10 rings (SSSR count). The molecule has 1 nitrogen and oxygen atoms in total. The summed E-state index contributed by atoms with van der Waals surface area (Å²) >= 11 is 0. The van der Waals surface area contributed by atoms with Gasteiger partial charge >= 0.3 is 0 Å². The highest BCUT2D eigenvalue weighted by Crippen LogP contribution is 2.45. The molecule has 9 aromatic carbocycles. The summed E-state index contributed by atoms with van der Waals surface area (Å²) in [6.07, 6.45) is 0. The highest BCUT2D eigenvalue weighted by Gasteiger charge is 2.18. The molecule has 0 fully saturated rings. The van der Waals surface area contributed by atoms with E-state index in [0.29, 0.717) is 0 Å². The van der Waals surface area contributed by atoms with Crippen molar-refractivity contribution < 1.29 is 4.42 Å². The molecule has 0 aliphatic rings. The number of fused-ring (bicyclic) bond motifs is 6. The van der Waals surface area contributed by atoms with Crippen molar-refractivity contribution >= 4 is 54.3 Å². The minimum atomic E-state index is 0.916. The van der Waals surface area contributed by atoms with Crippen LogP contribution in [0.15, 0.2) is 186 Å². The van der Waals surface area contributed by atoms with Crippen LogP contribution in [0.25, 0.3) is 98.8 Å². The first kappa shape index (κ1) is 27.7. The SMILES string of the molecule is c1cc(-c2c3ccccc3c(-c3ccc(-c4ccc5ccccc5c4)cc3)c3ccccc23)cc(-c2cccc3c2oc2ccccc23)c1. The lowest BCUT2D eigenvalue weighted by Crippen LogP contribution is -1.91. The molecule has 0 amide bonds. The quantitative estimate of drug-likeness (QED) is 0.178. The van der Waals surface area contributed by atoms with E-state index in [9.17, 15) is 0 Å². The molecule has 0 bridgehead atoms. The Kier molecular flexibility index (Phi) is 6.25. The highest BCUT2D eigenvalue weighted by atomic mass is 16.3. The molecule has 0 radical (unpaired) electrons. The largest absolute Gasteiger partial charge is 0.455 e. The fourth-order valence-electron chi connectivity index (χ4n) is 7.77. The number of hydrogen-bond donors (Lipinski definition) is 0. The zero-order chi connectivity index (χ0) is 32.3. The molecule has 0 saturated heterocycles. The summed E-state index contributed by atoms with van der Waals surface area (Å²) in [5.41, 5.74) is 11.5. The summed E-state index contributed by atoms with van der Waals surface area (Å²) in [7, 11) is 0. The molecule has 0 saturated carbocycles. The van der Waals surface area contributed by atoms with Gasteiger partial charge < -0.3 is 4.42 Å². The van der Waals surface area contributed by atoms with E-state index in [2.05, 4.69) is 170 Å². The van der Waals surface area contributed by atoms with Gasteiger partial charge in [-0.05, 0) is 89.5 Å². The summed E-state index contributed by atoms with van der Waals surface area (Å²) in [5.74, 6) is 0. The molecule has 0 unspecified atom stereocenters. The van der Waals surface area contributed by atoms with Gasteiger partial charge in [0.25, 0.3) is 0 Å². The van der Waals surface area contributed by atoms with E-state index in [1.807, 2.05) is 12.1 Å². The van der Waals surface area contributed by atoms with Crippen molar-refractivity contribution in [2.75, 3.05) is 0 Å². The van der Waals surface area contributed by atoms with E-state index < -0.39 is 0 Å². The zero-order valence-electron chi connectivity index (χ0n) is 26.7. The number of hydrogen-bond acceptors (Lipinski definition) is 1. The van der Waals surface area contributed by atoms with Crippen LogP contribution in [-0.4, -0.2) is 0 Å². The lowest BCUT2D eigenvalue weighted by atomic mass is 9.85. The average Bonchev–Trinajstić information content (AvgIpc) is 3.56. The second-order valence-electron chi connectivity index (χ2n) is 12.8. The fraction of sp³-hybridized carbons (Fsp3) is 0. The summed E-state index contributed by atoms with van der Waals surface area (Å²) in [6.45, 7) is 0. The van der Waals surface area contributed by atoms with Crippen LogP contribution in [0.5, 0.6) is 0 Å². The average molecular weight is 623 g/mol. The first-order valence-electron chi connectivity index (χ1n) is 16.8. The summed E-state index contributed by atoms with van der Waals surface area (Å²) in [6, 6.07) is 65.8. The molecule has 1 heterocycles. The Morgan fingerprint density at radius 2 is 0.816 bits per heavy atom. The Bertz CT molecular complexity index is 2810. The van der Waals surface area contributed by atoms with E-state index in [1.165, 1.54) is 65.7 Å². The molecule has 1 heteroatoms. The van der Waals surface area contributed by atoms with E-state index in [1.54, 1.807) is 0 Å². The standard InChI is InChI=1S/C48H30O/c1-2-12-34-29-35(28-25-31(34)11-1)32-23-26-33(27-24-32)46-40-16-3-5-18-42(40)47(43-19-6-4-17-41(43)46)37-14-9-13-36(30-37)38-20-10-21-44-39-15-7-8-22-45(39)49-48(38)44/h1-30H. The Labute approximate surface area is 284 Å². The number of para-hydroxylation sites is 2. The van der Waals surface area contributed by atoms with Gasteiger partial charge in [-0.15, -0.1) is 0 Å². The third kappa shape index (κ3) is 4.47. The zero-order valence-corrected chi connectivity index (χ0v) is 26.7. The van der Waals surface area contributed by atoms with Crippen LogP contribution in [0.1, 0.15) is 0 Å². The van der Waals surface area contributed by atoms with Gasteiger partial charge in [0.1, 0.15) is 11.2 Å². The van der Waals surface area contributed by atoms with Crippen LogP contribution < -0.4 is 0 Å². The van der Waals surface area contributed by atoms with Gasteiger partial charge in [-0.25, -0.2) is 0 Å². The monoisotopic (exact) mass is 622 g/mol. The first-order chi connectivity index (χ1) is 24.3. The molecule has 0 aliphatic carbocycles. The molecule has 10 aromatic rings. The fourth-order valence-corrected chi connectivity index (χ4v) is 7.77. The van der Waals surface area contributed by atoms with Crippen LogP contribution >= 0.6 is 0 Å². The third-order valence-electron chi connectivity index (χ3n) is 10.1. The maximum atomic E-state index is 6.44. The lowest BCUT2D eigenvalue weighted by molar-refractivity contribution is 0.670. The molecule has 49 heavy (non-hydrogen) atoms. The molecule has 0 N–H and O–H groups in total. The van der Waals surface area contributed by atoms with Gasteiger partial charge in [0.15, 0.2) is 0 Å². The normalized spacial score (nSPS) is 11.7. The van der Waals surface area contributed by atoms with Crippen molar-refractivity contribution in [3.8, 4) is 44.5 Å². The maximum Gasteiger partial charge on any atom is 0.143 e. The van der Waals surface area contributed by atoms with Gasteiger partial charge in [-0.2, -0.15) is 0 Å². The molecular formula is C48H30O. The van der Waals surface area contributed by atoms with E-state index in [0.717, 1.165) is 33.1 Å². The van der Waals surface area contributed by atoms with Gasteiger partial charge in [0.05, 0.1) is 0 Å². The minimum Gasteiger partial charge on any atom is -0.455 e. The Balaban J connectivity index is 1.14. The van der Waals surface area contributed by atoms with Crippen molar-refractivity contribution in [3.05, 3.63) is 182 Å². The number of rotatable bonds is 4. The molecule has 228 valence electrons. The molecule has 0 spiro atoms. The third-order valence-corrected chi connectivity index (χ3v) is 10.1. The highest BCUT2D eigenvalue weighted by molar-refractivity contribution is 6.21. The van der Waals surface area contributed by atoms with Crippen LogP contribution in [0, 0.1) is 0 Å². The van der Waals surface area contributed by atoms with Gasteiger partial charge in [-0.3, -0.25) is 0 Å².